The molecule has 0 aliphatic rings. The highest BCUT2D eigenvalue weighted by Gasteiger charge is 2.07. The van der Waals surface area contributed by atoms with Crippen molar-refractivity contribution in [3.05, 3.63) is 46.1 Å². The molecule has 104 valence electrons. The van der Waals surface area contributed by atoms with Gasteiger partial charge in [0.05, 0.1) is 6.42 Å². The number of hydrogen-bond donors (Lipinski definition) is 3. The molecule has 0 aliphatic heterocycles. The van der Waals surface area contributed by atoms with Gasteiger partial charge in [0.25, 0.3) is 5.56 Å². The summed E-state index contributed by atoms with van der Waals surface area (Å²) in [5, 5.41) is 18.7. The van der Waals surface area contributed by atoms with Gasteiger partial charge in [-0.3, -0.25) is 14.6 Å². The van der Waals surface area contributed by atoms with Gasteiger partial charge >= 0.3 is 5.97 Å². The van der Waals surface area contributed by atoms with Gasteiger partial charge in [-0.1, -0.05) is 0 Å². The molecular weight excluding hydrogens is 267 g/mol. The standard InChI is InChI=1S/C12H11FN4O3/c13-7-1-3-8(4-2-7)14-12-15-11(20)9(16-17-12)5-6-10(18)19/h1-4H,5-6H2,(H,18,19)(H2,14,15,17,20). The number of nitrogens with zero attached hydrogens (tertiary/aromatic N) is 2. The third-order valence-electron chi connectivity index (χ3n) is 2.45. The highest BCUT2D eigenvalue weighted by molar-refractivity contribution is 5.66. The SMILES string of the molecule is O=C(O)CCc1nnc(Nc2ccc(F)cc2)[nH]c1=O. The van der Waals surface area contributed by atoms with Gasteiger partial charge in [-0.25, -0.2) is 4.39 Å². The summed E-state index contributed by atoms with van der Waals surface area (Å²) < 4.78 is 12.7. The zero-order valence-corrected chi connectivity index (χ0v) is 10.3. The molecule has 1 aromatic carbocycles. The summed E-state index contributed by atoms with van der Waals surface area (Å²) in [7, 11) is 0. The van der Waals surface area contributed by atoms with Gasteiger partial charge in [0.1, 0.15) is 11.5 Å². The van der Waals surface area contributed by atoms with E-state index in [9.17, 15) is 14.0 Å². The van der Waals surface area contributed by atoms with Crippen LogP contribution in [0.5, 0.6) is 0 Å². The number of H-pyrrole nitrogens is 1. The first kappa shape index (κ1) is 13.7. The maximum absolute atomic E-state index is 12.7. The van der Waals surface area contributed by atoms with Crippen molar-refractivity contribution >= 4 is 17.6 Å². The Labute approximate surface area is 112 Å². The Kier molecular flexibility index (Phi) is 4.04. The van der Waals surface area contributed by atoms with Crippen LogP contribution in [-0.4, -0.2) is 26.3 Å². The second-order valence-corrected chi connectivity index (χ2v) is 3.98. The smallest absolute Gasteiger partial charge is 0.303 e. The molecule has 0 fully saturated rings. The number of aryl methyl sites for hydroxylation is 1. The first-order valence-corrected chi connectivity index (χ1v) is 5.75. The van der Waals surface area contributed by atoms with E-state index in [-0.39, 0.29) is 30.3 Å². The molecule has 0 amide bonds. The monoisotopic (exact) mass is 278 g/mol. The number of carbonyl (C=O) groups is 1. The summed E-state index contributed by atoms with van der Waals surface area (Å²) >= 11 is 0. The van der Waals surface area contributed by atoms with E-state index in [0.29, 0.717) is 5.69 Å². The molecule has 0 saturated heterocycles. The number of carboxylic acid groups (broad SMARTS) is 1. The molecule has 2 aromatic rings. The van der Waals surface area contributed by atoms with Crippen LogP contribution >= 0.6 is 0 Å². The Bertz CT molecular complexity index is 669. The highest BCUT2D eigenvalue weighted by atomic mass is 19.1. The lowest BCUT2D eigenvalue weighted by molar-refractivity contribution is -0.136. The second kappa shape index (κ2) is 5.91. The molecule has 3 N–H and O–H groups in total. The van der Waals surface area contributed by atoms with Crippen molar-refractivity contribution in [2.24, 2.45) is 0 Å². The van der Waals surface area contributed by atoms with Gasteiger partial charge in [0, 0.05) is 12.1 Å². The van der Waals surface area contributed by atoms with E-state index in [1.54, 1.807) is 0 Å². The number of aromatic amines is 1. The molecule has 2 rings (SSSR count). The summed E-state index contributed by atoms with van der Waals surface area (Å²) in [6.45, 7) is 0. The summed E-state index contributed by atoms with van der Waals surface area (Å²) in [5.74, 6) is -1.29. The van der Waals surface area contributed by atoms with E-state index >= 15 is 0 Å². The van der Waals surface area contributed by atoms with Crippen LogP contribution in [0.1, 0.15) is 12.1 Å². The van der Waals surface area contributed by atoms with Gasteiger partial charge < -0.3 is 10.4 Å². The summed E-state index contributed by atoms with van der Waals surface area (Å²) in [5.41, 5.74) is 0.0811. The van der Waals surface area contributed by atoms with Crippen molar-refractivity contribution in [2.75, 3.05) is 5.32 Å². The summed E-state index contributed by atoms with van der Waals surface area (Å²) in [6.07, 6.45) is -0.184. The zero-order valence-electron chi connectivity index (χ0n) is 10.3. The lowest BCUT2D eigenvalue weighted by atomic mass is 10.2. The van der Waals surface area contributed by atoms with Crippen molar-refractivity contribution in [3.8, 4) is 0 Å². The van der Waals surface area contributed by atoms with Crippen LogP contribution in [0.3, 0.4) is 0 Å². The number of aliphatic carboxylic acids is 1. The minimum Gasteiger partial charge on any atom is -0.481 e. The quantitative estimate of drug-likeness (QED) is 0.754. The summed E-state index contributed by atoms with van der Waals surface area (Å²) in [4.78, 5) is 24.5. The van der Waals surface area contributed by atoms with Crippen LogP contribution < -0.4 is 10.9 Å². The number of hydrogen-bond acceptors (Lipinski definition) is 5. The van der Waals surface area contributed by atoms with Gasteiger partial charge in [0.2, 0.25) is 5.95 Å². The van der Waals surface area contributed by atoms with Crippen molar-refractivity contribution in [3.63, 3.8) is 0 Å². The highest BCUT2D eigenvalue weighted by Crippen LogP contribution is 2.11. The topological polar surface area (TPSA) is 108 Å². The van der Waals surface area contributed by atoms with Crippen LogP contribution in [0, 0.1) is 5.82 Å². The second-order valence-electron chi connectivity index (χ2n) is 3.98. The molecule has 0 radical (unpaired) electrons. The largest absolute Gasteiger partial charge is 0.481 e. The van der Waals surface area contributed by atoms with E-state index in [1.165, 1.54) is 24.3 Å². The maximum atomic E-state index is 12.7. The molecule has 1 heterocycles. The Morgan fingerprint density at radius 2 is 2.00 bits per heavy atom. The molecule has 8 heteroatoms. The molecular formula is C12H11FN4O3. The first-order chi connectivity index (χ1) is 9.54. The Morgan fingerprint density at radius 1 is 1.30 bits per heavy atom. The number of benzene rings is 1. The normalized spacial score (nSPS) is 10.2. The Morgan fingerprint density at radius 3 is 2.60 bits per heavy atom. The van der Waals surface area contributed by atoms with Gasteiger partial charge in [-0.15, -0.1) is 10.2 Å². The molecule has 0 aliphatic carbocycles. The fourth-order valence-electron chi connectivity index (χ4n) is 1.48. The molecule has 1 aromatic heterocycles. The molecule has 7 nitrogen and oxygen atoms in total. The Hall–Kier alpha value is -2.77. The molecule has 0 saturated carbocycles. The van der Waals surface area contributed by atoms with E-state index in [0.717, 1.165) is 0 Å². The van der Waals surface area contributed by atoms with Crippen LogP contribution in [0.4, 0.5) is 16.0 Å². The summed E-state index contributed by atoms with van der Waals surface area (Å²) in [6, 6.07) is 5.48. The van der Waals surface area contributed by atoms with Crippen molar-refractivity contribution < 1.29 is 14.3 Å². The molecule has 0 unspecified atom stereocenters. The number of carboxylic acids is 1. The van der Waals surface area contributed by atoms with Crippen LogP contribution in [0.25, 0.3) is 0 Å². The fraction of sp³-hybridized carbons (Fsp3) is 0.167. The average Bonchev–Trinajstić information content (AvgIpc) is 2.40. The van der Waals surface area contributed by atoms with Crippen molar-refractivity contribution in [1.82, 2.24) is 15.2 Å². The van der Waals surface area contributed by atoms with Gasteiger partial charge in [0.15, 0.2) is 0 Å². The Balaban J connectivity index is 2.10. The minimum atomic E-state index is -1.01. The van der Waals surface area contributed by atoms with Crippen molar-refractivity contribution in [1.29, 1.82) is 0 Å². The third kappa shape index (κ3) is 3.61. The van der Waals surface area contributed by atoms with Gasteiger partial charge in [-0.2, -0.15) is 0 Å². The van der Waals surface area contributed by atoms with Crippen LogP contribution in [0.15, 0.2) is 29.1 Å². The number of aromatic nitrogens is 3. The lowest BCUT2D eigenvalue weighted by Crippen LogP contribution is -2.19. The number of nitrogens with one attached hydrogen (secondary N) is 2. The third-order valence-corrected chi connectivity index (χ3v) is 2.45. The maximum Gasteiger partial charge on any atom is 0.303 e. The molecule has 0 atom stereocenters. The van der Waals surface area contributed by atoms with Crippen LogP contribution in [0.2, 0.25) is 0 Å². The predicted octanol–water partition coefficient (Wildman–Crippen LogP) is 1.06. The first-order valence-electron chi connectivity index (χ1n) is 5.75. The number of anilines is 2. The van der Waals surface area contributed by atoms with Gasteiger partial charge in [-0.05, 0) is 24.3 Å². The fourth-order valence-corrected chi connectivity index (χ4v) is 1.48. The number of rotatable bonds is 5. The van der Waals surface area contributed by atoms with E-state index in [2.05, 4.69) is 20.5 Å². The molecule has 0 spiro atoms. The zero-order chi connectivity index (χ0) is 14.5. The van der Waals surface area contributed by atoms with E-state index in [4.69, 9.17) is 5.11 Å². The lowest BCUT2D eigenvalue weighted by Gasteiger charge is -2.04. The van der Waals surface area contributed by atoms with E-state index in [1.807, 2.05) is 0 Å². The molecule has 20 heavy (non-hydrogen) atoms. The van der Waals surface area contributed by atoms with Crippen molar-refractivity contribution in [2.45, 2.75) is 12.8 Å². The average molecular weight is 278 g/mol. The molecule has 0 bridgehead atoms. The minimum absolute atomic E-state index is 0.00843. The number of halogens is 1. The van der Waals surface area contributed by atoms with E-state index < -0.39 is 11.5 Å². The van der Waals surface area contributed by atoms with Crippen LogP contribution in [-0.2, 0) is 11.2 Å². The predicted molar refractivity (Wildman–Crippen MR) is 68.3 cm³/mol.